The molecule has 0 aliphatic heterocycles. The van der Waals surface area contributed by atoms with Crippen molar-refractivity contribution in [2.45, 2.75) is 11.3 Å². The SMILES string of the molecule is Fc1ccc(SCCC#C[B-](c2ccccc2)(c2ccccc2)c2ccccc2)cc1. The number of rotatable bonds is 6. The predicted octanol–water partition coefficient (Wildman–Crippen LogP) is 5.02. The molecule has 0 unspecified atom stereocenters. The normalized spacial score (nSPS) is 10.9. The lowest BCUT2D eigenvalue weighted by Crippen LogP contribution is -2.66. The zero-order chi connectivity index (χ0) is 21.4. The standard InChI is InChI=1S/C28H23BFS/c30-27-18-20-28(21-19-27)31-23-11-10-22-29(24-12-4-1-5-13-24,25-14-6-2-7-15-25)26-16-8-3-9-17-26/h1-9,12-21H,11,23H2/q-1. The van der Waals surface area contributed by atoms with Crippen LogP contribution in [0.5, 0.6) is 0 Å². The van der Waals surface area contributed by atoms with E-state index in [-0.39, 0.29) is 5.82 Å². The molecule has 0 aromatic heterocycles. The molecule has 0 radical (unpaired) electrons. The van der Waals surface area contributed by atoms with Crippen LogP contribution in [-0.2, 0) is 0 Å². The minimum Gasteiger partial charge on any atom is -0.297 e. The van der Waals surface area contributed by atoms with Gasteiger partial charge in [-0.25, -0.2) is 4.39 Å². The van der Waals surface area contributed by atoms with E-state index in [1.165, 1.54) is 28.5 Å². The van der Waals surface area contributed by atoms with Crippen molar-refractivity contribution < 1.29 is 4.39 Å². The zero-order valence-electron chi connectivity index (χ0n) is 17.2. The topological polar surface area (TPSA) is 0 Å². The number of thioether (sulfide) groups is 1. The van der Waals surface area contributed by atoms with Crippen LogP contribution in [0, 0.1) is 17.6 Å². The molecule has 0 heterocycles. The third kappa shape index (κ3) is 4.93. The summed E-state index contributed by atoms with van der Waals surface area (Å²) in [6, 6.07) is 38.4. The maximum atomic E-state index is 13.1. The Bertz CT molecular complexity index is 1050. The van der Waals surface area contributed by atoms with Crippen LogP contribution in [-0.4, -0.2) is 11.9 Å². The van der Waals surface area contributed by atoms with Crippen LogP contribution in [0.4, 0.5) is 4.39 Å². The quantitative estimate of drug-likeness (QED) is 0.182. The van der Waals surface area contributed by atoms with Crippen LogP contribution < -0.4 is 16.4 Å². The molecule has 0 fully saturated rings. The van der Waals surface area contributed by atoms with E-state index in [2.05, 4.69) is 84.5 Å². The van der Waals surface area contributed by atoms with Gasteiger partial charge >= 0.3 is 0 Å². The van der Waals surface area contributed by atoms with Crippen LogP contribution in [0.15, 0.2) is 120 Å². The number of hydrogen-bond donors (Lipinski definition) is 0. The highest BCUT2D eigenvalue weighted by atomic mass is 32.2. The summed E-state index contributed by atoms with van der Waals surface area (Å²) in [7, 11) is 0. The molecule has 4 aromatic carbocycles. The Morgan fingerprint density at radius 2 is 1.06 bits per heavy atom. The first-order valence-corrected chi connectivity index (χ1v) is 11.5. The van der Waals surface area contributed by atoms with E-state index in [4.69, 9.17) is 0 Å². The summed E-state index contributed by atoms with van der Waals surface area (Å²) >= 11 is 1.70. The first-order chi connectivity index (χ1) is 15.3. The summed E-state index contributed by atoms with van der Waals surface area (Å²) in [5.41, 5.74) is 3.66. The molecule has 152 valence electrons. The summed E-state index contributed by atoms with van der Waals surface area (Å²) in [5.74, 6) is 7.86. The predicted molar refractivity (Wildman–Crippen MR) is 133 cm³/mol. The highest BCUT2D eigenvalue weighted by Gasteiger charge is 2.27. The molecular formula is C28H23BFS-. The fourth-order valence-corrected chi connectivity index (χ4v) is 4.80. The second-order valence-corrected chi connectivity index (χ2v) is 8.64. The average molecular weight is 421 g/mol. The highest BCUT2D eigenvalue weighted by molar-refractivity contribution is 7.99. The van der Waals surface area contributed by atoms with Crippen molar-refractivity contribution in [3.05, 3.63) is 121 Å². The fraction of sp³-hybridized carbons (Fsp3) is 0.0714. The lowest BCUT2D eigenvalue weighted by atomic mass is 9.16. The van der Waals surface area contributed by atoms with Gasteiger partial charge in [-0.1, -0.05) is 91.0 Å². The van der Waals surface area contributed by atoms with Gasteiger partial charge in [-0.05, 0) is 24.3 Å². The Balaban J connectivity index is 1.69. The summed E-state index contributed by atoms with van der Waals surface area (Å²) in [6.07, 6.45) is -0.650. The third-order valence-corrected chi connectivity index (χ3v) is 6.54. The van der Waals surface area contributed by atoms with Gasteiger partial charge in [0.25, 0.3) is 0 Å². The van der Waals surface area contributed by atoms with Gasteiger partial charge in [-0.15, -0.1) is 17.7 Å². The molecule has 0 saturated carbocycles. The first kappa shape index (κ1) is 21.0. The third-order valence-electron chi connectivity index (χ3n) is 5.53. The van der Waals surface area contributed by atoms with Crippen molar-refractivity contribution in [2.24, 2.45) is 0 Å². The van der Waals surface area contributed by atoms with Crippen LogP contribution in [0.2, 0.25) is 0 Å². The molecule has 0 spiro atoms. The minimum atomic E-state index is -1.41. The van der Waals surface area contributed by atoms with Gasteiger partial charge in [0.1, 0.15) is 12.0 Å². The first-order valence-electron chi connectivity index (χ1n) is 10.5. The molecule has 0 saturated heterocycles. The minimum absolute atomic E-state index is 0.204. The molecule has 0 nitrogen and oxygen atoms in total. The van der Waals surface area contributed by atoms with Crippen LogP contribution in [0.3, 0.4) is 0 Å². The van der Waals surface area contributed by atoms with Crippen LogP contribution in [0.1, 0.15) is 6.42 Å². The summed E-state index contributed by atoms with van der Waals surface area (Å²) in [6.45, 7) is 0. The van der Waals surface area contributed by atoms with Crippen molar-refractivity contribution in [2.75, 3.05) is 5.75 Å². The molecular weight excluding hydrogens is 398 g/mol. The van der Waals surface area contributed by atoms with Gasteiger partial charge in [0.05, 0.1) is 0 Å². The van der Waals surface area contributed by atoms with Crippen molar-refractivity contribution in [3.8, 4) is 11.7 Å². The van der Waals surface area contributed by atoms with Crippen LogP contribution >= 0.6 is 11.8 Å². The monoisotopic (exact) mass is 421 g/mol. The van der Waals surface area contributed by atoms with E-state index in [9.17, 15) is 4.39 Å². The van der Waals surface area contributed by atoms with Crippen molar-refractivity contribution >= 4 is 34.3 Å². The molecule has 0 aliphatic rings. The Hall–Kier alpha value is -3.22. The Morgan fingerprint density at radius 1 is 0.613 bits per heavy atom. The van der Waals surface area contributed by atoms with E-state index >= 15 is 0 Å². The maximum absolute atomic E-state index is 13.1. The number of hydrogen-bond acceptors (Lipinski definition) is 1. The van der Waals surface area contributed by atoms with E-state index in [1.54, 1.807) is 11.8 Å². The van der Waals surface area contributed by atoms with Gasteiger partial charge in [-0.3, -0.25) is 5.82 Å². The summed E-state index contributed by atoms with van der Waals surface area (Å²) in [5, 5.41) is 0. The lowest BCUT2D eigenvalue weighted by molar-refractivity contribution is 0.626. The molecule has 0 N–H and O–H groups in total. The molecule has 3 heteroatoms. The lowest BCUT2D eigenvalue weighted by Gasteiger charge is -2.38. The van der Waals surface area contributed by atoms with Gasteiger partial charge in [-0.2, -0.15) is 16.4 Å². The van der Waals surface area contributed by atoms with Crippen molar-refractivity contribution in [1.82, 2.24) is 0 Å². The van der Waals surface area contributed by atoms with Gasteiger partial charge in [0.2, 0.25) is 0 Å². The fourth-order valence-electron chi connectivity index (χ4n) is 4.03. The number of benzene rings is 4. The summed E-state index contributed by atoms with van der Waals surface area (Å²) in [4.78, 5) is 1.06. The largest absolute Gasteiger partial charge is 0.297 e. The summed E-state index contributed by atoms with van der Waals surface area (Å²) < 4.78 is 13.1. The second-order valence-electron chi connectivity index (χ2n) is 7.47. The Morgan fingerprint density at radius 3 is 1.52 bits per heavy atom. The molecule has 0 atom stereocenters. The Labute approximate surface area is 188 Å². The van der Waals surface area contributed by atoms with Gasteiger partial charge in [0.15, 0.2) is 0 Å². The molecule has 0 aliphatic carbocycles. The molecule has 0 bridgehead atoms. The Kier molecular flexibility index (Phi) is 6.92. The smallest absolute Gasteiger partial charge is 0.149 e. The van der Waals surface area contributed by atoms with Crippen molar-refractivity contribution in [3.63, 3.8) is 0 Å². The number of halogens is 1. The average Bonchev–Trinajstić information content (AvgIpc) is 2.84. The molecule has 31 heavy (non-hydrogen) atoms. The molecule has 4 aromatic rings. The molecule has 4 rings (SSSR count). The van der Waals surface area contributed by atoms with Crippen LogP contribution in [0.25, 0.3) is 0 Å². The second kappa shape index (κ2) is 10.2. The highest BCUT2D eigenvalue weighted by Crippen LogP contribution is 2.18. The zero-order valence-corrected chi connectivity index (χ0v) is 18.1. The maximum Gasteiger partial charge on any atom is 0.149 e. The van der Waals surface area contributed by atoms with E-state index < -0.39 is 6.15 Å². The van der Waals surface area contributed by atoms with Gasteiger partial charge in [0, 0.05) is 17.1 Å². The van der Waals surface area contributed by atoms with E-state index in [0.29, 0.717) is 0 Å². The van der Waals surface area contributed by atoms with Crippen molar-refractivity contribution in [1.29, 1.82) is 0 Å². The van der Waals surface area contributed by atoms with E-state index in [1.807, 2.05) is 30.3 Å². The van der Waals surface area contributed by atoms with E-state index in [0.717, 1.165) is 17.1 Å². The molecule has 0 amide bonds. The van der Waals surface area contributed by atoms with Gasteiger partial charge < -0.3 is 0 Å².